The summed E-state index contributed by atoms with van der Waals surface area (Å²) >= 11 is 0. The van der Waals surface area contributed by atoms with E-state index in [0.717, 1.165) is 24.8 Å². The molecule has 2 rings (SSSR count). The van der Waals surface area contributed by atoms with Crippen molar-refractivity contribution in [2.24, 2.45) is 0 Å². The van der Waals surface area contributed by atoms with Crippen LogP contribution in [0.2, 0.25) is 0 Å². The van der Waals surface area contributed by atoms with E-state index in [0.29, 0.717) is 24.5 Å². The Hall–Kier alpha value is -1.15. The Morgan fingerprint density at radius 1 is 1.25 bits per heavy atom. The molecule has 0 aromatic heterocycles. The molecule has 0 bridgehead atoms. The quantitative estimate of drug-likeness (QED) is 0.846. The average Bonchev–Trinajstić information content (AvgIpc) is 2.30. The summed E-state index contributed by atoms with van der Waals surface area (Å²) in [6, 6.07) is 8.33. The summed E-state index contributed by atoms with van der Waals surface area (Å²) in [6.07, 6.45) is 4.34. The molecule has 1 saturated carbocycles. The minimum atomic E-state index is 0.196. The summed E-state index contributed by atoms with van der Waals surface area (Å²) in [7, 11) is 0. The van der Waals surface area contributed by atoms with E-state index in [2.05, 4.69) is 24.3 Å². The van der Waals surface area contributed by atoms with Crippen LogP contribution in [-0.2, 0) is 11.2 Å². The number of ketones is 1. The molecule has 0 saturated heterocycles. The number of aliphatic hydroxyl groups is 1. The molecule has 2 heteroatoms. The second-order valence-corrected chi connectivity index (χ2v) is 4.55. The maximum absolute atomic E-state index is 11.4. The Kier molecular flexibility index (Phi) is 3.73. The van der Waals surface area contributed by atoms with Crippen LogP contribution in [0.1, 0.15) is 42.7 Å². The SMILES string of the molecule is O=C1CCCC(c2ccc(CCO)cc2)C1. The van der Waals surface area contributed by atoms with Gasteiger partial charge in [-0.1, -0.05) is 24.3 Å². The van der Waals surface area contributed by atoms with Crippen LogP contribution < -0.4 is 0 Å². The second kappa shape index (κ2) is 5.26. The van der Waals surface area contributed by atoms with Crippen LogP contribution in [0.5, 0.6) is 0 Å². The van der Waals surface area contributed by atoms with Gasteiger partial charge in [0.05, 0.1) is 0 Å². The highest BCUT2D eigenvalue weighted by Gasteiger charge is 2.20. The molecule has 16 heavy (non-hydrogen) atoms. The standard InChI is InChI=1S/C14H18O2/c15-9-8-11-4-6-12(7-5-11)13-2-1-3-14(16)10-13/h4-7,13,15H,1-3,8-10H2. The fourth-order valence-corrected chi connectivity index (χ4v) is 2.39. The smallest absolute Gasteiger partial charge is 0.133 e. The van der Waals surface area contributed by atoms with Crippen LogP contribution in [0.25, 0.3) is 0 Å². The highest BCUT2D eigenvalue weighted by molar-refractivity contribution is 5.80. The van der Waals surface area contributed by atoms with E-state index >= 15 is 0 Å². The normalized spacial score (nSPS) is 21.1. The molecule has 0 aliphatic heterocycles. The Morgan fingerprint density at radius 2 is 2.00 bits per heavy atom. The zero-order valence-corrected chi connectivity index (χ0v) is 9.48. The van der Waals surface area contributed by atoms with Gasteiger partial charge in [0.15, 0.2) is 0 Å². The summed E-state index contributed by atoms with van der Waals surface area (Å²) in [5.74, 6) is 0.820. The van der Waals surface area contributed by atoms with Gasteiger partial charge in [-0.25, -0.2) is 0 Å². The number of benzene rings is 1. The van der Waals surface area contributed by atoms with Crippen molar-refractivity contribution in [2.45, 2.75) is 38.0 Å². The van der Waals surface area contributed by atoms with E-state index in [1.165, 1.54) is 5.56 Å². The molecule has 1 atom stereocenters. The van der Waals surface area contributed by atoms with Crippen molar-refractivity contribution in [3.63, 3.8) is 0 Å². The third kappa shape index (κ3) is 2.70. The minimum Gasteiger partial charge on any atom is -0.396 e. The van der Waals surface area contributed by atoms with Gasteiger partial charge in [-0.05, 0) is 36.3 Å². The topological polar surface area (TPSA) is 37.3 Å². The molecule has 1 aliphatic carbocycles. The van der Waals surface area contributed by atoms with Crippen molar-refractivity contribution in [1.29, 1.82) is 0 Å². The molecule has 1 N–H and O–H groups in total. The second-order valence-electron chi connectivity index (χ2n) is 4.55. The molecule has 1 aromatic carbocycles. The number of carbonyl (C=O) groups is 1. The van der Waals surface area contributed by atoms with Crippen LogP contribution in [0.15, 0.2) is 24.3 Å². The molecule has 1 unspecified atom stereocenters. The van der Waals surface area contributed by atoms with Crippen molar-refractivity contribution in [3.8, 4) is 0 Å². The lowest BCUT2D eigenvalue weighted by Gasteiger charge is -2.21. The van der Waals surface area contributed by atoms with Gasteiger partial charge in [0.25, 0.3) is 0 Å². The molecule has 0 radical (unpaired) electrons. The fraction of sp³-hybridized carbons (Fsp3) is 0.500. The van der Waals surface area contributed by atoms with Crippen LogP contribution in [0.3, 0.4) is 0 Å². The maximum atomic E-state index is 11.4. The van der Waals surface area contributed by atoms with Gasteiger partial charge in [-0.2, -0.15) is 0 Å². The summed E-state index contributed by atoms with van der Waals surface area (Å²) < 4.78 is 0. The molecular formula is C14H18O2. The fourth-order valence-electron chi connectivity index (χ4n) is 2.39. The molecule has 86 valence electrons. The van der Waals surface area contributed by atoms with Crippen molar-refractivity contribution in [3.05, 3.63) is 35.4 Å². The van der Waals surface area contributed by atoms with Crippen molar-refractivity contribution < 1.29 is 9.90 Å². The van der Waals surface area contributed by atoms with Crippen LogP contribution in [0.4, 0.5) is 0 Å². The lowest BCUT2D eigenvalue weighted by molar-refractivity contribution is -0.120. The lowest BCUT2D eigenvalue weighted by atomic mass is 9.83. The number of hydrogen-bond donors (Lipinski definition) is 1. The molecule has 1 aromatic rings. The first-order chi connectivity index (χ1) is 7.79. The first-order valence-corrected chi connectivity index (χ1v) is 6.01. The average molecular weight is 218 g/mol. The molecule has 0 heterocycles. The zero-order valence-electron chi connectivity index (χ0n) is 9.48. The van der Waals surface area contributed by atoms with Crippen molar-refractivity contribution in [2.75, 3.05) is 6.61 Å². The van der Waals surface area contributed by atoms with Gasteiger partial charge in [-0.15, -0.1) is 0 Å². The van der Waals surface area contributed by atoms with E-state index in [9.17, 15) is 4.79 Å². The highest BCUT2D eigenvalue weighted by atomic mass is 16.2. The number of hydrogen-bond acceptors (Lipinski definition) is 2. The van der Waals surface area contributed by atoms with Gasteiger partial charge in [0, 0.05) is 19.4 Å². The van der Waals surface area contributed by atoms with Gasteiger partial charge >= 0.3 is 0 Å². The van der Waals surface area contributed by atoms with Gasteiger partial charge < -0.3 is 5.11 Å². The summed E-state index contributed by atoms with van der Waals surface area (Å²) in [5, 5.41) is 8.83. The predicted molar refractivity (Wildman–Crippen MR) is 63.4 cm³/mol. The zero-order chi connectivity index (χ0) is 11.4. The van der Waals surface area contributed by atoms with E-state index in [-0.39, 0.29) is 6.61 Å². The number of Topliss-reactive ketones (excluding diaryl/α,β-unsaturated/α-hetero) is 1. The monoisotopic (exact) mass is 218 g/mol. The Morgan fingerprint density at radius 3 is 2.62 bits per heavy atom. The number of rotatable bonds is 3. The molecule has 1 aliphatic rings. The van der Waals surface area contributed by atoms with Crippen LogP contribution >= 0.6 is 0 Å². The first kappa shape index (κ1) is 11.3. The largest absolute Gasteiger partial charge is 0.396 e. The maximum Gasteiger partial charge on any atom is 0.133 e. The minimum absolute atomic E-state index is 0.196. The molecule has 0 spiro atoms. The summed E-state index contributed by atoms with van der Waals surface area (Å²) in [5.41, 5.74) is 2.43. The lowest BCUT2D eigenvalue weighted by Crippen LogP contribution is -2.13. The summed E-state index contributed by atoms with van der Waals surface area (Å²) in [6.45, 7) is 0.196. The first-order valence-electron chi connectivity index (χ1n) is 6.01. The van der Waals surface area contributed by atoms with E-state index in [1.807, 2.05) is 0 Å². The van der Waals surface area contributed by atoms with Crippen molar-refractivity contribution in [1.82, 2.24) is 0 Å². The van der Waals surface area contributed by atoms with E-state index in [1.54, 1.807) is 0 Å². The van der Waals surface area contributed by atoms with Crippen molar-refractivity contribution >= 4 is 5.78 Å². The number of aliphatic hydroxyl groups excluding tert-OH is 1. The van der Waals surface area contributed by atoms with Gasteiger partial charge in [-0.3, -0.25) is 4.79 Å². The molecule has 1 fully saturated rings. The van der Waals surface area contributed by atoms with Gasteiger partial charge in [0.1, 0.15) is 5.78 Å². The Bertz CT molecular complexity index is 354. The number of carbonyl (C=O) groups excluding carboxylic acids is 1. The third-order valence-corrected chi connectivity index (χ3v) is 3.33. The van der Waals surface area contributed by atoms with Gasteiger partial charge in [0.2, 0.25) is 0 Å². The van der Waals surface area contributed by atoms with Crippen LogP contribution in [0, 0.1) is 0 Å². The third-order valence-electron chi connectivity index (χ3n) is 3.33. The predicted octanol–water partition coefficient (Wildman–Crippen LogP) is 2.45. The van der Waals surface area contributed by atoms with E-state index < -0.39 is 0 Å². The van der Waals surface area contributed by atoms with Crippen LogP contribution in [-0.4, -0.2) is 17.5 Å². The Balaban J connectivity index is 2.05. The molecule has 0 amide bonds. The van der Waals surface area contributed by atoms with E-state index in [4.69, 9.17) is 5.11 Å². The Labute approximate surface area is 96.3 Å². The summed E-state index contributed by atoms with van der Waals surface area (Å²) in [4.78, 5) is 11.4. The molecular weight excluding hydrogens is 200 g/mol. The highest BCUT2D eigenvalue weighted by Crippen LogP contribution is 2.30. The molecule has 2 nitrogen and oxygen atoms in total.